The first kappa shape index (κ1) is 18.0. The van der Waals surface area contributed by atoms with Crippen LogP contribution in [0.1, 0.15) is 33.1 Å². The first-order valence-corrected chi connectivity index (χ1v) is 8.69. The zero-order valence-corrected chi connectivity index (χ0v) is 13.0. The van der Waals surface area contributed by atoms with Crippen LogP contribution in [0, 0.1) is 0 Å². The van der Waals surface area contributed by atoms with E-state index in [2.05, 4.69) is 17.9 Å². The SMILES string of the molecule is CCOP(=O)(CCNC(=O)CCCCS)OCC. The van der Waals surface area contributed by atoms with Gasteiger partial charge >= 0.3 is 7.60 Å². The third-order valence-corrected chi connectivity index (χ3v) is 4.56. The molecule has 0 aromatic rings. The van der Waals surface area contributed by atoms with E-state index in [1.165, 1.54) is 0 Å². The zero-order valence-electron chi connectivity index (χ0n) is 11.2. The Bertz CT molecular complexity index is 266. The summed E-state index contributed by atoms with van der Waals surface area (Å²) in [7, 11) is -3.03. The second-order valence-corrected chi connectivity index (χ2v) is 6.33. The topological polar surface area (TPSA) is 64.6 Å². The molecule has 0 rings (SSSR count). The van der Waals surface area contributed by atoms with E-state index >= 15 is 0 Å². The summed E-state index contributed by atoms with van der Waals surface area (Å²) in [5.74, 6) is 0.758. The summed E-state index contributed by atoms with van der Waals surface area (Å²) in [6, 6.07) is 0. The Morgan fingerprint density at radius 1 is 1.22 bits per heavy atom. The van der Waals surface area contributed by atoms with E-state index in [4.69, 9.17) is 9.05 Å². The minimum Gasteiger partial charge on any atom is -0.355 e. The Balaban J connectivity index is 3.84. The highest BCUT2D eigenvalue weighted by Crippen LogP contribution is 2.47. The van der Waals surface area contributed by atoms with Crippen molar-refractivity contribution < 1.29 is 18.4 Å². The molecule has 0 aliphatic carbocycles. The molecule has 0 saturated carbocycles. The lowest BCUT2D eigenvalue weighted by molar-refractivity contribution is -0.121. The molecule has 0 aliphatic rings. The summed E-state index contributed by atoms with van der Waals surface area (Å²) >= 11 is 4.08. The van der Waals surface area contributed by atoms with E-state index in [1.807, 2.05) is 0 Å². The molecule has 1 amide bonds. The number of thiol groups is 1. The van der Waals surface area contributed by atoms with E-state index in [0.29, 0.717) is 26.2 Å². The molecule has 0 spiro atoms. The molecule has 1 N–H and O–H groups in total. The first-order valence-electron chi connectivity index (χ1n) is 6.33. The normalized spacial score (nSPS) is 11.5. The molecule has 7 heteroatoms. The number of nitrogens with one attached hydrogen (secondary N) is 1. The van der Waals surface area contributed by atoms with E-state index in [9.17, 15) is 9.36 Å². The van der Waals surface area contributed by atoms with Gasteiger partial charge in [-0.1, -0.05) is 0 Å². The van der Waals surface area contributed by atoms with Crippen molar-refractivity contribution in [2.24, 2.45) is 0 Å². The average Bonchev–Trinajstić information content (AvgIpc) is 2.30. The summed E-state index contributed by atoms with van der Waals surface area (Å²) in [6.45, 7) is 4.53. The van der Waals surface area contributed by atoms with Gasteiger partial charge in [0.05, 0.1) is 19.4 Å². The number of rotatable bonds is 11. The third kappa shape index (κ3) is 8.97. The van der Waals surface area contributed by atoms with Crippen molar-refractivity contribution in [3.05, 3.63) is 0 Å². The van der Waals surface area contributed by atoms with Crippen LogP contribution in [-0.2, 0) is 18.4 Å². The summed E-state index contributed by atoms with van der Waals surface area (Å²) in [5, 5.41) is 2.72. The maximum atomic E-state index is 12.0. The Hall–Kier alpha value is -0.0300. The van der Waals surface area contributed by atoms with E-state index in [1.54, 1.807) is 13.8 Å². The molecular formula is C11H24NO4PS. The quantitative estimate of drug-likeness (QED) is 0.349. The fourth-order valence-corrected chi connectivity index (χ4v) is 3.11. The van der Waals surface area contributed by atoms with Crippen LogP contribution >= 0.6 is 20.2 Å². The van der Waals surface area contributed by atoms with Crippen LogP contribution in [0.25, 0.3) is 0 Å². The smallest absolute Gasteiger partial charge is 0.332 e. The number of unbranched alkanes of at least 4 members (excludes halogenated alkanes) is 1. The molecule has 0 radical (unpaired) electrons. The molecule has 0 aromatic carbocycles. The van der Waals surface area contributed by atoms with Crippen LogP contribution < -0.4 is 5.32 Å². The highest BCUT2D eigenvalue weighted by molar-refractivity contribution is 7.80. The molecule has 0 heterocycles. The van der Waals surface area contributed by atoms with Crippen molar-refractivity contribution in [3.63, 3.8) is 0 Å². The Morgan fingerprint density at radius 2 is 1.83 bits per heavy atom. The maximum absolute atomic E-state index is 12.0. The third-order valence-electron chi connectivity index (χ3n) is 2.17. The van der Waals surface area contributed by atoms with Gasteiger partial charge in [-0.15, -0.1) is 0 Å². The van der Waals surface area contributed by atoms with Gasteiger partial charge in [-0.05, 0) is 32.4 Å². The van der Waals surface area contributed by atoms with Crippen LogP contribution in [0.5, 0.6) is 0 Å². The van der Waals surface area contributed by atoms with Crippen molar-refractivity contribution in [2.45, 2.75) is 33.1 Å². The Labute approximate surface area is 115 Å². The van der Waals surface area contributed by atoms with E-state index in [-0.39, 0.29) is 12.1 Å². The molecule has 0 bridgehead atoms. The molecule has 108 valence electrons. The van der Waals surface area contributed by atoms with Gasteiger partial charge in [0.2, 0.25) is 5.91 Å². The monoisotopic (exact) mass is 297 g/mol. The lowest BCUT2D eigenvalue weighted by Crippen LogP contribution is -2.26. The van der Waals surface area contributed by atoms with Gasteiger partial charge in [0.1, 0.15) is 0 Å². The second-order valence-electron chi connectivity index (χ2n) is 3.70. The largest absolute Gasteiger partial charge is 0.355 e. The number of carbonyl (C=O) groups is 1. The molecule has 0 aliphatic heterocycles. The first-order chi connectivity index (χ1) is 8.58. The molecule has 0 unspecified atom stereocenters. The van der Waals surface area contributed by atoms with Gasteiger partial charge in [0.25, 0.3) is 0 Å². The van der Waals surface area contributed by atoms with Crippen molar-refractivity contribution in [1.82, 2.24) is 5.32 Å². The summed E-state index contributed by atoms with van der Waals surface area (Å²) < 4.78 is 22.3. The fourth-order valence-electron chi connectivity index (χ4n) is 1.38. The summed E-state index contributed by atoms with van der Waals surface area (Å²) in [4.78, 5) is 11.4. The van der Waals surface area contributed by atoms with Crippen LogP contribution in [-0.4, -0.2) is 37.6 Å². The van der Waals surface area contributed by atoms with Crippen molar-refractivity contribution >= 4 is 26.1 Å². The van der Waals surface area contributed by atoms with Gasteiger partial charge in [-0.2, -0.15) is 12.6 Å². The van der Waals surface area contributed by atoms with Gasteiger partial charge in [-0.3, -0.25) is 9.36 Å². The van der Waals surface area contributed by atoms with Crippen molar-refractivity contribution in [1.29, 1.82) is 0 Å². The Morgan fingerprint density at radius 3 is 2.33 bits per heavy atom. The Kier molecular flexibility index (Phi) is 10.8. The lowest BCUT2D eigenvalue weighted by atomic mass is 10.2. The van der Waals surface area contributed by atoms with Gasteiger partial charge in [-0.25, -0.2) is 0 Å². The van der Waals surface area contributed by atoms with Crippen molar-refractivity contribution in [3.8, 4) is 0 Å². The van der Waals surface area contributed by atoms with Gasteiger partial charge in [0.15, 0.2) is 0 Å². The zero-order chi connectivity index (χ0) is 13.9. The van der Waals surface area contributed by atoms with Crippen molar-refractivity contribution in [2.75, 3.05) is 31.7 Å². The second kappa shape index (κ2) is 10.9. The van der Waals surface area contributed by atoms with Crippen LogP contribution in [0.3, 0.4) is 0 Å². The van der Waals surface area contributed by atoms with Crippen LogP contribution in [0.15, 0.2) is 0 Å². The number of carbonyl (C=O) groups excluding carboxylic acids is 1. The number of amides is 1. The summed E-state index contributed by atoms with van der Waals surface area (Å²) in [6.07, 6.45) is 2.44. The molecule has 0 saturated heterocycles. The number of hydrogen-bond acceptors (Lipinski definition) is 5. The minimum absolute atomic E-state index is 0.0312. The molecule has 0 atom stereocenters. The molecule has 18 heavy (non-hydrogen) atoms. The highest BCUT2D eigenvalue weighted by atomic mass is 32.1. The van der Waals surface area contributed by atoms with Gasteiger partial charge in [0, 0.05) is 13.0 Å². The molecule has 0 aromatic heterocycles. The van der Waals surface area contributed by atoms with E-state index < -0.39 is 7.60 Å². The number of hydrogen-bond donors (Lipinski definition) is 2. The predicted octanol–water partition coefficient (Wildman–Crippen LogP) is 2.47. The minimum atomic E-state index is -3.03. The standard InChI is InChI=1S/C11H24NO4PS/c1-3-15-17(14,16-4-2)9-8-12-11(13)7-5-6-10-18/h18H,3-10H2,1-2H3,(H,12,13). The maximum Gasteiger partial charge on any atom is 0.332 e. The summed E-state index contributed by atoms with van der Waals surface area (Å²) in [5.41, 5.74) is 0. The highest BCUT2D eigenvalue weighted by Gasteiger charge is 2.22. The van der Waals surface area contributed by atoms with E-state index in [0.717, 1.165) is 18.6 Å². The molecule has 0 fully saturated rings. The fraction of sp³-hybridized carbons (Fsp3) is 0.909. The predicted molar refractivity (Wildman–Crippen MR) is 76.4 cm³/mol. The van der Waals surface area contributed by atoms with Crippen LogP contribution in [0.4, 0.5) is 0 Å². The van der Waals surface area contributed by atoms with Gasteiger partial charge < -0.3 is 14.4 Å². The van der Waals surface area contributed by atoms with Crippen LogP contribution in [0.2, 0.25) is 0 Å². The lowest BCUT2D eigenvalue weighted by Gasteiger charge is -2.16. The molecule has 5 nitrogen and oxygen atoms in total. The molecular weight excluding hydrogens is 273 g/mol. The average molecular weight is 297 g/mol.